The van der Waals surface area contributed by atoms with Crippen molar-refractivity contribution in [2.75, 3.05) is 5.32 Å². The molecule has 0 radical (unpaired) electrons. The number of carbonyl (C=O) groups excluding carboxylic acids is 1. The molecule has 0 bridgehead atoms. The van der Waals surface area contributed by atoms with Crippen molar-refractivity contribution < 1.29 is 14.7 Å². The summed E-state index contributed by atoms with van der Waals surface area (Å²) >= 11 is 0. The minimum absolute atomic E-state index is 0.0756. The third-order valence-corrected chi connectivity index (χ3v) is 8.03. The number of hydrogen-bond donors (Lipinski definition) is 2. The second kappa shape index (κ2) is 10.5. The monoisotopic (exact) mass is 502 g/mol. The molecule has 2 N–H and O–H groups in total. The number of likely N-dealkylation sites (tertiary alicyclic amines) is 1. The summed E-state index contributed by atoms with van der Waals surface area (Å²) in [5, 5.41) is 24.1. The van der Waals surface area contributed by atoms with E-state index in [2.05, 4.69) is 16.4 Å². The third-order valence-electron chi connectivity index (χ3n) is 8.03. The lowest BCUT2D eigenvalue weighted by atomic mass is 9.72. The van der Waals surface area contributed by atoms with E-state index in [1.165, 1.54) is 0 Å². The first-order chi connectivity index (χ1) is 17.5. The Morgan fingerprint density at radius 1 is 1.11 bits per heavy atom. The number of carboxylic acid groups (broad SMARTS) is 1. The van der Waals surface area contributed by atoms with E-state index in [1.54, 1.807) is 4.90 Å². The van der Waals surface area contributed by atoms with Crippen molar-refractivity contribution in [3.05, 3.63) is 58.8 Å². The van der Waals surface area contributed by atoms with Gasteiger partial charge in [-0.05, 0) is 49.3 Å². The van der Waals surface area contributed by atoms with Gasteiger partial charge in [0, 0.05) is 17.5 Å². The van der Waals surface area contributed by atoms with Gasteiger partial charge in [0.1, 0.15) is 17.9 Å². The zero-order valence-electron chi connectivity index (χ0n) is 22.5. The lowest BCUT2D eigenvalue weighted by Crippen LogP contribution is -2.49. The molecule has 1 saturated heterocycles. The second-order valence-electron chi connectivity index (χ2n) is 11.7. The predicted octanol–water partition coefficient (Wildman–Crippen LogP) is 5.63. The molecule has 2 aromatic rings. The highest BCUT2D eigenvalue weighted by molar-refractivity contribution is 5.87. The average Bonchev–Trinajstić information content (AvgIpc) is 3.20. The summed E-state index contributed by atoms with van der Waals surface area (Å²) in [7, 11) is 0. The number of nitriles is 1. The molecule has 1 aliphatic heterocycles. The van der Waals surface area contributed by atoms with Crippen LogP contribution in [0.25, 0.3) is 0 Å². The Balaban J connectivity index is 1.91. The number of aryl methyl sites for hydroxylation is 2. The van der Waals surface area contributed by atoms with Gasteiger partial charge in [0.25, 0.3) is 0 Å². The SMILES string of the molecule is Cc1cc(C)c(C#N)c(N[C@H]2[C@H](C(C)(C)C)[C@@H](C(=O)O)N(C(=O)C3CCCCC3)[C@H]2c2ccccc2)n1. The van der Waals surface area contributed by atoms with Gasteiger partial charge < -0.3 is 15.3 Å². The fourth-order valence-corrected chi connectivity index (χ4v) is 6.46. The molecule has 4 atom stereocenters. The van der Waals surface area contributed by atoms with Crippen LogP contribution in [0.1, 0.15) is 81.3 Å². The van der Waals surface area contributed by atoms with Crippen LogP contribution < -0.4 is 5.32 Å². The molecule has 1 amide bonds. The lowest BCUT2D eigenvalue weighted by molar-refractivity contribution is -0.154. The highest BCUT2D eigenvalue weighted by Crippen LogP contribution is 2.50. The first kappa shape index (κ1) is 26.7. The van der Waals surface area contributed by atoms with Crippen LogP contribution in [0.5, 0.6) is 0 Å². The van der Waals surface area contributed by atoms with E-state index in [0.29, 0.717) is 11.4 Å². The van der Waals surface area contributed by atoms with Crippen molar-refractivity contribution in [1.29, 1.82) is 5.26 Å². The highest BCUT2D eigenvalue weighted by atomic mass is 16.4. The fourth-order valence-electron chi connectivity index (χ4n) is 6.46. The largest absolute Gasteiger partial charge is 0.480 e. The van der Waals surface area contributed by atoms with Gasteiger partial charge in [0.15, 0.2) is 0 Å². The lowest BCUT2D eigenvalue weighted by Gasteiger charge is -2.36. The van der Waals surface area contributed by atoms with E-state index in [-0.39, 0.29) is 11.8 Å². The van der Waals surface area contributed by atoms with Crippen molar-refractivity contribution in [3.63, 3.8) is 0 Å². The van der Waals surface area contributed by atoms with Crippen LogP contribution in [0.2, 0.25) is 0 Å². The molecular weight excluding hydrogens is 464 g/mol. The van der Waals surface area contributed by atoms with Crippen LogP contribution in [-0.4, -0.2) is 39.0 Å². The Labute approximate surface area is 219 Å². The average molecular weight is 503 g/mol. The number of carbonyl (C=O) groups is 2. The first-order valence-corrected chi connectivity index (χ1v) is 13.3. The van der Waals surface area contributed by atoms with Gasteiger partial charge in [-0.1, -0.05) is 70.4 Å². The number of pyridine rings is 1. The molecule has 1 aliphatic carbocycles. The van der Waals surface area contributed by atoms with E-state index in [0.717, 1.165) is 48.9 Å². The van der Waals surface area contributed by atoms with Crippen molar-refractivity contribution in [2.45, 2.75) is 84.8 Å². The van der Waals surface area contributed by atoms with Gasteiger partial charge in [-0.2, -0.15) is 5.26 Å². The summed E-state index contributed by atoms with van der Waals surface area (Å²) in [6, 6.07) is 11.8. The maximum absolute atomic E-state index is 14.2. The van der Waals surface area contributed by atoms with Crippen LogP contribution in [0.4, 0.5) is 5.82 Å². The molecule has 7 heteroatoms. The van der Waals surface area contributed by atoms with Crippen molar-refractivity contribution in [3.8, 4) is 6.07 Å². The quantitative estimate of drug-likeness (QED) is 0.549. The van der Waals surface area contributed by atoms with Gasteiger partial charge in [0.2, 0.25) is 5.91 Å². The maximum Gasteiger partial charge on any atom is 0.326 e. The number of nitrogens with zero attached hydrogens (tertiary/aromatic N) is 3. The predicted molar refractivity (Wildman–Crippen MR) is 143 cm³/mol. The van der Waals surface area contributed by atoms with Crippen LogP contribution in [0.15, 0.2) is 36.4 Å². The number of amides is 1. The molecule has 0 spiro atoms. The molecule has 1 aromatic carbocycles. The van der Waals surface area contributed by atoms with Gasteiger partial charge in [-0.15, -0.1) is 0 Å². The van der Waals surface area contributed by atoms with Crippen LogP contribution in [-0.2, 0) is 9.59 Å². The molecule has 0 unspecified atom stereocenters. The second-order valence-corrected chi connectivity index (χ2v) is 11.7. The van der Waals surface area contributed by atoms with Gasteiger partial charge in [-0.25, -0.2) is 9.78 Å². The fraction of sp³-hybridized carbons (Fsp3) is 0.533. The summed E-state index contributed by atoms with van der Waals surface area (Å²) in [5.41, 5.74) is 2.44. The number of benzene rings is 1. The summed E-state index contributed by atoms with van der Waals surface area (Å²) < 4.78 is 0. The van der Waals surface area contributed by atoms with E-state index < -0.39 is 35.4 Å². The summed E-state index contributed by atoms with van der Waals surface area (Å²) in [6.45, 7) is 9.84. The number of nitrogens with one attached hydrogen (secondary N) is 1. The maximum atomic E-state index is 14.2. The topological polar surface area (TPSA) is 106 Å². The van der Waals surface area contributed by atoms with E-state index in [1.807, 2.05) is 71.0 Å². The molecule has 2 fully saturated rings. The van der Waals surface area contributed by atoms with Crippen molar-refractivity contribution >= 4 is 17.7 Å². The van der Waals surface area contributed by atoms with Gasteiger partial charge in [-0.3, -0.25) is 4.79 Å². The third kappa shape index (κ3) is 5.20. The Morgan fingerprint density at radius 3 is 2.32 bits per heavy atom. The van der Waals surface area contributed by atoms with E-state index in [4.69, 9.17) is 0 Å². The number of carboxylic acids is 1. The number of aromatic nitrogens is 1. The molecule has 2 aliphatic rings. The Morgan fingerprint density at radius 2 is 1.76 bits per heavy atom. The van der Waals surface area contributed by atoms with Crippen molar-refractivity contribution in [2.24, 2.45) is 17.3 Å². The molecule has 7 nitrogen and oxygen atoms in total. The normalized spacial score (nSPS) is 24.5. The molecule has 37 heavy (non-hydrogen) atoms. The highest BCUT2D eigenvalue weighted by Gasteiger charge is 2.58. The Kier molecular flexibility index (Phi) is 7.59. The minimum Gasteiger partial charge on any atom is -0.480 e. The number of rotatable bonds is 5. The Hall–Kier alpha value is -3.40. The van der Waals surface area contributed by atoms with Gasteiger partial charge in [0.05, 0.1) is 17.6 Å². The molecule has 2 heterocycles. The first-order valence-electron chi connectivity index (χ1n) is 13.3. The molecule has 1 saturated carbocycles. The minimum atomic E-state index is -1.01. The van der Waals surface area contributed by atoms with Crippen LogP contribution >= 0.6 is 0 Å². The molecule has 4 rings (SSSR count). The molecule has 196 valence electrons. The summed E-state index contributed by atoms with van der Waals surface area (Å²) in [5.74, 6) is -1.24. The summed E-state index contributed by atoms with van der Waals surface area (Å²) in [4.78, 5) is 33.5. The zero-order valence-corrected chi connectivity index (χ0v) is 22.5. The smallest absolute Gasteiger partial charge is 0.326 e. The summed E-state index contributed by atoms with van der Waals surface area (Å²) in [6.07, 6.45) is 4.66. The number of hydrogen-bond acceptors (Lipinski definition) is 5. The van der Waals surface area contributed by atoms with Gasteiger partial charge >= 0.3 is 5.97 Å². The van der Waals surface area contributed by atoms with E-state index in [9.17, 15) is 20.0 Å². The zero-order chi connectivity index (χ0) is 26.9. The molecule has 1 aromatic heterocycles. The van der Waals surface area contributed by atoms with Crippen LogP contribution in [0.3, 0.4) is 0 Å². The Bertz CT molecular complexity index is 1190. The molecular formula is C30H38N4O3. The van der Waals surface area contributed by atoms with E-state index >= 15 is 0 Å². The number of aliphatic carboxylic acids is 1. The van der Waals surface area contributed by atoms with Crippen molar-refractivity contribution in [1.82, 2.24) is 9.88 Å². The number of anilines is 1. The van der Waals surface area contributed by atoms with Crippen LogP contribution in [0, 0.1) is 42.4 Å². The standard InChI is InChI=1S/C30H38N4O3/c1-18-16-19(2)32-27(22(18)17-31)33-24-23(30(3,4)5)26(29(36)37)34(25(24)20-12-8-6-9-13-20)28(35)21-14-10-7-11-15-21/h6,8-9,12-13,16,21,23-26H,7,10-11,14-15H2,1-5H3,(H,32,33)(H,36,37)/t23-,24-,25-,26-/m0/s1.